The van der Waals surface area contributed by atoms with Crippen molar-refractivity contribution in [3.05, 3.63) is 188 Å². The number of benzene rings is 6. The number of nitrogens with zero attached hydrogens (tertiary/aromatic N) is 7. The maximum absolute atomic E-state index is 5.37. The summed E-state index contributed by atoms with van der Waals surface area (Å²) in [5.74, 6) is 1.54. The normalized spacial score (nSPS) is 13.1. The molecule has 11 aromatic rings. The molecule has 0 saturated carbocycles. The van der Waals surface area contributed by atoms with E-state index in [0.717, 1.165) is 49.4 Å². The van der Waals surface area contributed by atoms with Gasteiger partial charge < -0.3 is 0 Å². The molecule has 0 aliphatic carbocycles. The second-order valence-electron chi connectivity index (χ2n) is 14.5. The zero-order chi connectivity index (χ0) is 37.5. The van der Waals surface area contributed by atoms with Gasteiger partial charge >= 0.3 is 0 Å². The van der Waals surface area contributed by atoms with Crippen LogP contribution in [0.1, 0.15) is 0 Å². The summed E-state index contributed by atoms with van der Waals surface area (Å²) in [6.45, 7) is 0. The molecule has 1 aliphatic heterocycles. The van der Waals surface area contributed by atoms with Crippen LogP contribution in [0.3, 0.4) is 0 Å². The Balaban J connectivity index is 1.18. The zero-order valence-corrected chi connectivity index (χ0v) is 31.5. The van der Waals surface area contributed by atoms with Crippen molar-refractivity contribution in [1.82, 2.24) is 34.1 Å². The molecular formula is C49H31N7Si. The van der Waals surface area contributed by atoms with E-state index in [1.165, 1.54) is 31.9 Å². The van der Waals surface area contributed by atoms with Crippen LogP contribution >= 0.6 is 0 Å². The van der Waals surface area contributed by atoms with Crippen LogP contribution in [0.2, 0.25) is 0 Å². The standard InChI is InChI=1S/C49H31N7Si/c1-3-15-33(16-4-1)57(34-17-5-2-6-18-34)43-26-12-9-21-37(43)38-28-27-32(31-44(38)57)45-52-48(55-41-24-10-7-19-35(41)39-22-13-29-50-46(39)55)54-49(53-45)56-42-25-11-8-20-36(42)40-23-14-30-51-47(40)56/h1-31H. The third kappa shape index (κ3) is 4.50. The van der Waals surface area contributed by atoms with E-state index in [9.17, 15) is 0 Å². The minimum absolute atomic E-state index is 0.486. The Bertz CT molecular complexity index is 3090. The zero-order valence-electron chi connectivity index (χ0n) is 30.5. The summed E-state index contributed by atoms with van der Waals surface area (Å²) in [7, 11) is -2.77. The number of aromatic nitrogens is 7. The van der Waals surface area contributed by atoms with E-state index in [-0.39, 0.29) is 0 Å². The number of hydrogen-bond acceptors (Lipinski definition) is 5. The lowest BCUT2D eigenvalue weighted by Gasteiger charge is -2.31. The molecule has 0 bridgehead atoms. The number of hydrogen-bond donors (Lipinski definition) is 0. The lowest BCUT2D eigenvalue weighted by Crippen LogP contribution is -2.72. The molecule has 6 heterocycles. The molecule has 0 spiro atoms. The molecule has 0 radical (unpaired) electrons. The summed E-state index contributed by atoms with van der Waals surface area (Å²) in [6, 6.07) is 62.7. The number of rotatable bonds is 5. The summed E-state index contributed by atoms with van der Waals surface area (Å²) < 4.78 is 4.13. The SMILES string of the molecule is c1ccc([Si]2(c3ccccc3)c3ccccc3-c3ccc(-c4nc(-n5c6ccccc6c6cccnc65)nc(-n5c6ccccc6c6cccnc65)n4)cc32)cc1. The van der Waals surface area contributed by atoms with Crippen LogP contribution in [0.15, 0.2) is 188 Å². The highest BCUT2D eigenvalue weighted by Crippen LogP contribution is 2.35. The Hall–Kier alpha value is -7.55. The molecule has 1 aliphatic rings. The van der Waals surface area contributed by atoms with Gasteiger partial charge in [0.15, 0.2) is 13.9 Å². The van der Waals surface area contributed by atoms with Crippen molar-refractivity contribution in [3.8, 4) is 34.4 Å². The van der Waals surface area contributed by atoms with E-state index >= 15 is 0 Å². The van der Waals surface area contributed by atoms with Gasteiger partial charge in [-0.3, -0.25) is 9.13 Å². The molecule has 5 aromatic heterocycles. The summed E-state index contributed by atoms with van der Waals surface area (Å²) >= 11 is 0. The van der Waals surface area contributed by atoms with Crippen molar-refractivity contribution < 1.29 is 0 Å². The van der Waals surface area contributed by atoms with Crippen LogP contribution in [-0.4, -0.2) is 42.1 Å². The molecule has 0 fully saturated rings. The highest BCUT2D eigenvalue weighted by molar-refractivity contribution is 7.22. The number of para-hydroxylation sites is 2. The monoisotopic (exact) mass is 745 g/mol. The van der Waals surface area contributed by atoms with Gasteiger partial charge in [0.2, 0.25) is 11.9 Å². The molecule has 6 aromatic carbocycles. The van der Waals surface area contributed by atoms with E-state index in [2.05, 4.69) is 161 Å². The third-order valence-electron chi connectivity index (χ3n) is 11.6. The lowest BCUT2D eigenvalue weighted by atomic mass is 10.0. The number of pyridine rings is 2. The second kappa shape index (κ2) is 12.2. The van der Waals surface area contributed by atoms with E-state index in [1.54, 1.807) is 0 Å². The Kier molecular flexibility index (Phi) is 6.81. The molecule has 266 valence electrons. The van der Waals surface area contributed by atoms with Crippen LogP contribution in [-0.2, 0) is 0 Å². The van der Waals surface area contributed by atoms with Crippen molar-refractivity contribution in [2.75, 3.05) is 0 Å². The van der Waals surface area contributed by atoms with Gasteiger partial charge in [-0.05, 0) is 68.3 Å². The van der Waals surface area contributed by atoms with Crippen molar-refractivity contribution in [2.45, 2.75) is 0 Å². The van der Waals surface area contributed by atoms with Crippen LogP contribution in [0, 0.1) is 0 Å². The van der Waals surface area contributed by atoms with Crippen LogP contribution in [0.4, 0.5) is 0 Å². The molecule has 7 nitrogen and oxygen atoms in total. The van der Waals surface area contributed by atoms with Gasteiger partial charge in [-0.1, -0.05) is 140 Å². The predicted molar refractivity (Wildman–Crippen MR) is 232 cm³/mol. The highest BCUT2D eigenvalue weighted by Gasteiger charge is 2.48. The molecule has 0 unspecified atom stereocenters. The van der Waals surface area contributed by atoms with Crippen LogP contribution < -0.4 is 20.7 Å². The Labute approximate surface area is 328 Å². The summed E-state index contributed by atoms with van der Waals surface area (Å²) in [5, 5.41) is 9.62. The number of fused-ring (bicyclic) bond motifs is 9. The fourth-order valence-electron chi connectivity index (χ4n) is 9.26. The quantitative estimate of drug-likeness (QED) is 0.168. The van der Waals surface area contributed by atoms with Crippen LogP contribution in [0.25, 0.3) is 78.3 Å². The largest absolute Gasteiger partial charge is 0.262 e. The molecule has 8 heteroatoms. The fraction of sp³-hybridized carbons (Fsp3) is 0. The van der Waals surface area contributed by atoms with Gasteiger partial charge in [0.05, 0.1) is 11.0 Å². The van der Waals surface area contributed by atoms with Crippen molar-refractivity contribution >= 4 is 72.7 Å². The Morgan fingerprint density at radius 1 is 0.386 bits per heavy atom. The van der Waals surface area contributed by atoms with Gasteiger partial charge in [0.1, 0.15) is 11.3 Å². The molecule has 0 amide bonds. The molecular weight excluding hydrogens is 715 g/mol. The minimum Gasteiger partial charge on any atom is -0.262 e. The average Bonchev–Trinajstić information content (AvgIpc) is 3.91. The second-order valence-corrected chi connectivity index (χ2v) is 18.2. The maximum atomic E-state index is 5.37. The molecule has 0 N–H and O–H groups in total. The topological polar surface area (TPSA) is 74.3 Å². The first-order valence-corrected chi connectivity index (χ1v) is 21.1. The molecule has 0 atom stereocenters. The lowest BCUT2D eigenvalue weighted by molar-refractivity contribution is 0.884. The van der Waals surface area contributed by atoms with Crippen molar-refractivity contribution in [3.63, 3.8) is 0 Å². The maximum Gasteiger partial charge on any atom is 0.241 e. The minimum atomic E-state index is -2.77. The predicted octanol–water partition coefficient (Wildman–Crippen LogP) is 7.88. The van der Waals surface area contributed by atoms with Gasteiger partial charge in [-0.25, -0.2) is 9.97 Å². The van der Waals surface area contributed by atoms with E-state index in [4.69, 9.17) is 24.9 Å². The van der Waals surface area contributed by atoms with Gasteiger partial charge in [-0.15, -0.1) is 0 Å². The van der Waals surface area contributed by atoms with E-state index in [0.29, 0.717) is 17.7 Å². The summed E-state index contributed by atoms with van der Waals surface area (Å²) in [6.07, 6.45) is 3.65. The van der Waals surface area contributed by atoms with Gasteiger partial charge in [0, 0.05) is 39.5 Å². The van der Waals surface area contributed by atoms with Gasteiger partial charge in [-0.2, -0.15) is 15.0 Å². The third-order valence-corrected chi connectivity index (χ3v) is 16.5. The van der Waals surface area contributed by atoms with Gasteiger partial charge in [0.25, 0.3) is 0 Å². The smallest absolute Gasteiger partial charge is 0.241 e. The summed E-state index contributed by atoms with van der Waals surface area (Å²) in [4.78, 5) is 25.8. The molecule has 12 rings (SSSR count). The Morgan fingerprint density at radius 3 is 1.47 bits per heavy atom. The average molecular weight is 746 g/mol. The first-order valence-electron chi connectivity index (χ1n) is 19.1. The van der Waals surface area contributed by atoms with Crippen molar-refractivity contribution in [1.29, 1.82) is 0 Å². The van der Waals surface area contributed by atoms with Crippen molar-refractivity contribution in [2.24, 2.45) is 0 Å². The summed E-state index contributed by atoms with van der Waals surface area (Å²) in [5.41, 5.74) is 6.96. The highest BCUT2D eigenvalue weighted by atomic mass is 28.3. The first-order chi connectivity index (χ1) is 28.3. The molecule has 57 heavy (non-hydrogen) atoms. The molecule has 0 saturated heterocycles. The first kappa shape index (κ1) is 31.8. The van der Waals surface area contributed by atoms with E-state index < -0.39 is 8.07 Å². The fourth-order valence-corrected chi connectivity index (χ4v) is 14.5. The van der Waals surface area contributed by atoms with Crippen LogP contribution in [0.5, 0.6) is 0 Å². The Morgan fingerprint density at radius 2 is 0.877 bits per heavy atom. The van der Waals surface area contributed by atoms with E-state index in [1.807, 2.05) is 36.7 Å².